The molecule has 0 saturated heterocycles. The molecule has 0 bridgehead atoms. The summed E-state index contributed by atoms with van der Waals surface area (Å²) in [6.07, 6.45) is 0. The van der Waals surface area contributed by atoms with Crippen LogP contribution in [0.3, 0.4) is 0 Å². The molecule has 0 N–H and O–H groups in total. The van der Waals surface area contributed by atoms with Crippen molar-refractivity contribution in [3.63, 3.8) is 0 Å². The molecule has 2 nitrogen and oxygen atoms in total. The molecule has 0 aliphatic rings. The zero-order chi connectivity index (χ0) is 34.4. The van der Waals surface area contributed by atoms with E-state index in [-0.39, 0.29) is 35.6 Å². The van der Waals surface area contributed by atoms with Crippen LogP contribution in [0.25, 0.3) is 0 Å². The molecule has 51 heavy (non-hydrogen) atoms. The van der Waals surface area contributed by atoms with Crippen LogP contribution in [0.15, 0.2) is 158 Å². The van der Waals surface area contributed by atoms with Gasteiger partial charge in [0.15, 0.2) is 0 Å². The summed E-state index contributed by atoms with van der Waals surface area (Å²) in [5.41, 5.74) is 2.22. The van der Waals surface area contributed by atoms with E-state index in [9.17, 15) is 0 Å². The Hall–Kier alpha value is -2.76. The second-order valence-corrected chi connectivity index (χ2v) is 19.9. The molecule has 0 fully saturated rings. The average Bonchev–Trinajstić information content (AvgIpc) is 3.10. The zero-order valence-corrected chi connectivity index (χ0v) is 35.7. The molecule has 6 aromatic rings. The average molecular weight is 829 g/mol. The third-order valence-corrected chi connectivity index (χ3v) is 14.8. The van der Waals surface area contributed by atoms with Gasteiger partial charge in [0.2, 0.25) is 0 Å². The summed E-state index contributed by atoms with van der Waals surface area (Å²) in [6, 6.07) is 57.0. The minimum absolute atomic E-state index is 0. The van der Waals surface area contributed by atoms with Gasteiger partial charge in [0.25, 0.3) is 0 Å². The number of halogens is 2. The molecular formula is C44H44Cl2O2P2Zr. The Labute approximate surface area is 332 Å². The zero-order valence-electron chi connectivity index (χ0n) is 30.0. The molecule has 260 valence electrons. The topological polar surface area (TPSA) is 18.5 Å². The van der Waals surface area contributed by atoms with Crippen molar-refractivity contribution in [1.82, 2.24) is 0 Å². The molecular weight excluding hydrogens is 785 g/mol. The van der Waals surface area contributed by atoms with Crippen LogP contribution in [0, 0.1) is 0 Å². The van der Waals surface area contributed by atoms with Gasteiger partial charge in [-0.05, 0) is 0 Å². The van der Waals surface area contributed by atoms with Gasteiger partial charge in [-0.2, -0.15) is 0 Å². The molecule has 0 unspecified atom stereocenters. The Morgan fingerprint density at radius 1 is 0.373 bits per heavy atom. The van der Waals surface area contributed by atoms with E-state index < -0.39 is 40.0 Å². The first-order valence-corrected chi connectivity index (χ1v) is 21.5. The van der Waals surface area contributed by atoms with Gasteiger partial charge in [-0.1, -0.05) is 0 Å². The van der Waals surface area contributed by atoms with Crippen molar-refractivity contribution in [2.24, 2.45) is 0 Å². The normalized spacial score (nSPS) is 11.3. The van der Waals surface area contributed by atoms with Gasteiger partial charge in [-0.3, -0.25) is 0 Å². The van der Waals surface area contributed by atoms with Crippen LogP contribution in [0.4, 0.5) is 0 Å². The summed E-state index contributed by atoms with van der Waals surface area (Å²) in [5.74, 6) is 1.98. The first-order valence-electron chi connectivity index (χ1n) is 16.8. The maximum Gasteiger partial charge on any atom is -1.00 e. The number of para-hydroxylation sites is 2. The van der Waals surface area contributed by atoms with Gasteiger partial charge in [0.1, 0.15) is 0 Å². The Kier molecular flexibility index (Phi) is 14.7. The monoisotopic (exact) mass is 826 g/mol. The largest absolute Gasteiger partial charge is 1.00 e. The van der Waals surface area contributed by atoms with Crippen LogP contribution in [-0.4, -0.2) is 0 Å². The molecule has 0 amide bonds. The third-order valence-electron chi connectivity index (χ3n) is 8.43. The number of hydrogen-bond donors (Lipinski definition) is 0. The Balaban J connectivity index is 0.00000292. The first kappa shape index (κ1) is 41.0. The maximum atomic E-state index is 7.11. The molecule has 6 aromatic carbocycles. The van der Waals surface area contributed by atoms with E-state index in [1.54, 1.807) is 0 Å². The maximum absolute atomic E-state index is 7.11. The summed E-state index contributed by atoms with van der Waals surface area (Å²) in [5, 5.41) is 7.71. The van der Waals surface area contributed by atoms with Crippen molar-refractivity contribution < 1.29 is 54.6 Å². The predicted octanol–water partition coefficient (Wildman–Crippen LogP) is 3.18. The third kappa shape index (κ3) is 9.82. The molecule has 0 aliphatic heterocycles. The van der Waals surface area contributed by atoms with E-state index in [0.717, 1.165) is 11.5 Å². The SMILES string of the molecule is CC(C)(C)c1cccc(P(c2ccccc2)c2ccccc2)c1[O][Zr+2][O]c1c(P(c2ccccc2)c2ccccc2)cccc1C(C)(C)C.[Cl-].[Cl-]. The van der Waals surface area contributed by atoms with Crippen LogP contribution in [0.1, 0.15) is 52.7 Å². The van der Waals surface area contributed by atoms with E-state index in [1.165, 1.54) is 43.0 Å². The Morgan fingerprint density at radius 2 is 0.647 bits per heavy atom. The van der Waals surface area contributed by atoms with Crippen molar-refractivity contribution in [3.8, 4) is 11.5 Å². The van der Waals surface area contributed by atoms with Crippen molar-refractivity contribution >= 4 is 47.7 Å². The fourth-order valence-electron chi connectivity index (χ4n) is 6.06. The molecule has 0 aromatic heterocycles. The second kappa shape index (κ2) is 18.3. The molecule has 0 spiro atoms. The molecule has 0 aliphatic carbocycles. The van der Waals surface area contributed by atoms with E-state index in [4.69, 9.17) is 5.63 Å². The van der Waals surface area contributed by atoms with Gasteiger partial charge in [0, 0.05) is 0 Å². The predicted molar refractivity (Wildman–Crippen MR) is 209 cm³/mol. The Morgan fingerprint density at radius 3 is 0.902 bits per heavy atom. The number of hydrogen-bond acceptors (Lipinski definition) is 2. The summed E-state index contributed by atoms with van der Waals surface area (Å²) in [4.78, 5) is 0. The van der Waals surface area contributed by atoms with Crippen molar-refractivity contribution in [2.75, 3.05) is 0 Å². The first-order chi connectivity index (χ1) is 23.6. The van der Waals surface area contributed by atoms with E-state index in [0.29, 0.717) is 0 Å². The molecule has 0 heterocycles. The van der Waals surface area contributed by atoms with E-state index in [2.05, 4.69) is 199 Å². The van der Waals surface area contributed by atoms with Crippen molar-refractivity contribution in [2.45, 2.75) is 52.4 Å². The summed E-state index contributed by atoms with van der Waals surface area (Å²) < 4.78 is 14.2. The number of benzene rings is 6. The van der Waals surface area contributed by atoms with Crippen LogP contribution in [0.5, 0.6) is 11.5 Å². The van der Waals surface area contributed by atoms with E-state index in [1.807, 2.05) is 0 Å². The molecule has 7 heteroatoms. The fourth-order valence-corrected chi connectivity index (χ4v) is 12.9. The van der Waals surface area contributed by atoms with Crippen LogP contribution >= 0.6 is 15.8 Å². The minimum atomic E-state index is -1.92. The molecule has 0 saturated carbocycles. The van der Waals surface area contributed by atoms with Gasteiger partial charge in [0.05, 0.1) is 0 Å². The molecule has 6 rings (SSSR count). The quantitative estimate of drug-likeness (QED) is 0.198. The summed E-state index contributed by atoms with van der Waals surface area (Å²) >= 11 is -1.92. The summed E-state index contributed by atoms with van der Waals surface area (Å²) in [6.45, 7) is 13.7. The van der Waals surface area contributed by atoms with E-state index >= 15 is 0 Å². The van der Waals surface area contributed by atoms with Crippen LogP contribution < -0.4 is 62.3 Å². The van der Waals surface area contributed by atoms with Gasteiger partial charge in [-0.15, -0.1) is 0 Å². The fraction of sp³-hybridized carbons (Fsp3) is 0.182. The van der Waals surface area contributed by atoms with Gasteiger partial charge >= 0.3 is 310 Å². The minimum Gasteiger partial charge on any atom is -1.00 e. The van der Waals surface area contributed by atoms with Gasteiger partial charge < -0.3 is 24.8 Å². The van der Waals surface area contributed by atoms with Gasteiger partial charge in [-0.25, -0.2) is 0 Å². The summed E-state index contributed by atoms with van der Waals surface area (Å²) in [7, 11) is -1.71. The van der Waals surface area contributed by atoms with Crippen molar-refractivity contribution in [3.05, 3.63) is 169 Å². The second-order valence-electron chi connectivity index (χ2n) is 14.1. The standard InChI is InChI=1S/2C22H23OP.2ClH.Zr/c2*1-22(2,3)19-15-10-16-20(21(19)23)24(17-11-6-4-7-12-17)18-13-8-5-9-14-18;;;/h2*4-16,23H,1-3H3;2*1H;/q;;;;+4/p-4. The van der Waals surface area contributed by atoms with Crippen LogP contribution in [0.2, 0.25) is 0 Å². The number of rotatable bonds is 10. The van der Waals surface area contributed by atoms with Crippen molar-refractivity contribution in [1.29, 1.82) is 0 Å². The molecule has 0 atom stereocenters. The molecule has 0 radical (unpaired) electrons. The Bertz CT molecular complexity index is 1740. The smallest absolute Gasteiger partial charge is 1.00 e. The van der Waals surface area contributed by atoms with Crippen LogP contribution in [-0.2, 0) is 34.9 Å².